The molecule has 6 nitrogen and oxygen atoms in total. The van der Waals surface area contributed by atoms with Crippen LogP contribution in [0.1, 0.15) is 76.5 Å². The fraction of sp³-hybridized carbons (Fsp3) is 0.609. The number of rotatable bonds is 6. The molecule has 1 saturated heterocycles. The number of imide groups is 1. The van der Waals surface area contributed by atoms with Gasteiger partial charge in [-0.15, -0.1) is 0 Å². The number of carbonyl (C=O) groups excluding carboxylic acids is 3. The van der Waals surface area contributed by atoms with Crippen molar-refractivity contribution in [2.75, 3.05) is 6.54 Å². The van der Waals surface area contributed by atoms with E-state index in [0.717, 1.165) is 42.6 Å². The number of benzene rings is 1. The molecule has 0 aromatic heterocycles. The van der Waals surface area contributed by atoms with Gasteiger partial charge in [-0.3, -0.25) is 14.5 Å². The lowest BCUT2D eigenvalue weighted by Gasteiger charge is -2.26. The molecule has 2 aliphatic rings. The molecule has 1 heterocycles. The van der Waals surface area contributed by atoms with E-state index in [1.54, 1.807) is 0 Å². The van der Waals surface area contributed by atoms with E-state index in [1.165, 1.54) is 5.56 Å². The van der Waals surface area contributed by atoms with Gasteiger partial charge in [0.15, 0.2) is 0 Å². The molecule has 1 aliphatic carbocycles. The molecule has 1 aromatic carbocycles. The van der Waals surface area contributed by atoms with E-state index in [1.807, 2.05) is 26.0 Å². The number of hydrogen-bond acceptors (Lipinski definition) is 3. The first-order valence-corrected chi connectivity index (χ1v) is 10.9. The number of hydrogen-bond donors (Lipinski definition) is 2. The molecule has 2 N–H and O–H groups in total. The van der Waals surface area contributed by atoms with Gasteiger partial charge in [0.25, 0.3) is 5.91 Å². The maximum atomic E-state index is 13.0. The first-order chi connectivity index (χ1) is 13.9. The minimum absolute atomic E-state index is 0.166. The molecule has 1 atom stereocenters. The minimum Gasteiger partial charge on any atom is -0.347 e. The third-order valence-electron chi connectivity index (χ3n) is 6.23. The van der Waals surface area contributed by atoms with Gasteiger partial charge in [0.2, 0.25) is 5.91 Å². The van der Waals surface area contributed by atoms with Crippen molar-refractivity contribution in [3.8, 4) is 0 Å². The van der Waals surface area contributed by atoms with E-state index in [9.17, 15) is 14.4 Å². The number of aryl methyl sites for hydroxylation is 1. The Hall–Kier alpha value is -2.37. The highest BCUT2D eigenvalue weighted by atomic mass is 16.2. The lowest BCUT2D eigenvalue weighted by molar-refractivity contribution is -0.135. The van der Waals surface area contributed by atoms with Gasteiger partial charge in [-0.1, -0.05) is 70.7 Å². The quantitative estimate of drug-likeness (QED) is 0.716. The summed E-state index contributed by atoms with van der Waals surface area (Å²) in [5.74, 6) is -0.367. The standard InChI is InChI=1S/C23H33N3O3/c1-4-17-9-11-18(12-10-17)20(16(2)3)24-19(27)15-26-21(28)23(25-22(26)29)13-7-5-6-8-14-23/h9-12,16,20H,4-8,13-15H2,1-3H3,(H,24,27)(H,25,29)/t20-/m1/s1. The molecule has 4 amide bonds. The Morgan fingerprint density at radius 3 is 2.28 bits per heavy atom. The number of nitrogens with one attached hydrogen (secondary N) is 2. The fourth-order valence-corrected chi connectivity index (χ4v) is 4.45. The lowest BCUT2D eigenvalue weighted by Crippen LogP contribution is -2.47. The molecule has 1 spiro atoms. The van der Waals surface area contributed by atoms with Crippen molar-refractivity contribution in [1.82, 2.24) is 15.5 Å². The molecular weight excluding hydrogens is 366 g/mol. The summed E-state index contributed by atoms with van der Waals surface area (Å²) in [6, 6.07) is 7.62. The summed E-state index contributed by atoms with van der Waals surface area (Å²) in [6.07, 6.45) is 6.30. The Labute approximate surface area is 173 Å². The maximum Gasteiger partial charge on any atom is 0.325 e. The molecule has 0 radical (unpaired) electrons. The molecule has 1 aliphatic heterocycles. The van der Waals surface area contributed by atoms with E-state index >= 15 is 0 Å². The Balaban J connectivity index is 1.68. The molecule has 0 unspecified atom stereocenters. The number of nitrogens with zero attached hydrogens (tertiary/aromatic N) is 1. The van der Waals surface area contributed by atoms with Crippen molar-refractivity contribution in [2.24, 2.45) is 5.92 Å². The average molecular weight is 400 g/mol. The van der Waals surface area contributed by atoms with Crippen LogP contribution in [0.4, 0.5) is 4.79 Å². The van der Waals surface area contributed by atoms with Crippen LogP contribution >= 0.6 is 0 Å². The van der Waals surface area contributed by atoms with Crippen molar-refractivity contribution in [1.29, 1.82) is 0 Å². The van der Waals surface area contributed by atoms with Crippen molar-refractivity contribution in [3.05, 3.63) is 35.4 Å². The second-order valence-corrected chi connectivity index (χ2v) is 8.70. The molecule has 0 bridgehead atoms. The Bertz CT molecular complexity index is 749. The molecular formula is C23H33N3O3. The normalized spacial score (nSPS) is 19.9. The summed E-state index contributed by atoms with van der Waals surface area (Å²) in [6.45, 7) is 5.97. The van der Waals surface area contributed by atoms with Crippen LogP contribution in [0.3, 0.4) is 0 Å². The van der Waals surface area contributed by atoms with Crippen LogP contribution in [-0.2, 0) is 16.0 Å². The Morgan fingerprint density at radius 2 is 1.72 bits per heavy atom. The second kappa shape index (κ2) is 8.97. The molecule has 2 fully saturated rings. The van der Waals surface area contributed by atoms with E-state index in [2.05, 4.69) is 29.7 Å². The summed E-state index contributed by atoms with van der Waals surface area (Å²) in [5, 5.41) is 5.92. The van der Waals surface area contributed by atoms with E-state index in [4.69, 9.17) is 0 Å². The number of urea groups is 1. The zero-order valence-corrected chi connectivity index (χ0v) is 17.8. The van der Waals surface area contributed by atoms with Gasteiger partial charge in [0.1, 0.15) is 12.1 Å². The summed E-state index contributed by atoms with van der Waals surface area (Å²) >= 11 is 0. The van der Waals surface area contributed by atoms with Gasteiger partial charge in [0, 0.05) is 0 Å². The monoisotopic (exact) mass is 399 g/mol. The van der Waals surface area contributed by atoms with Crippen LogP contribution in [0, 0.1) is 5.92 Å². The van der Waals surface area contributed by atoms with Crippen LogP contribution in [0.25, 0.3) is 0 Å². The largest absolute Gasteiger partial charge is 0.347 e. The lowest BCUT2D eigenvalue weighted by atomic mass is 9.90. The summed E-state index contributed by atoms with van der Waals surface area (Å²) < 4.78 is 0. The highest BCUT2D eigenvalue weighted by Crippen LogP contribution is 2.32. The Kier molecular flexibility index (Phi) is 6.60. The van der Waals surface area contributed by atoms with E-state index < -0.39 is 11.6 Å². The van der Waals surface area contributed by atoms with Gasteiger partial charge in [-0.25, -0.2) is 4.79 Å². The fourth-order valence-electron chi connectivity index (χ4n) is 4.45. The summed E-state index contributed by atoms with van der Waals surface area (Å²) in [5.41, 5.74) is 1.47. The van der Waals surface area contributed by atoms with Crippen LogP contribution in [0.2, 0.25) is 0 Å². The van der Waals surface area contributed by atoms with Crippen LogP contribution < -0.4 is 10.6 Å². The minimum atomic E-state index is -0.804. The van der Waals surface area contributed by atoms with Crippen LogP contribution in [0.5, 0.6) is 0 Å². The van der Waals surface area contributed by atoms with E-state index in [0.29, 0.717) is 12.8 Å². The predicted molar refractivity (Wildman–Crippen MR) is 112 cm³/mol. The zero-order chi connectivity index (χ0) is 21.0. The van der Waals surface area contributed by atoms with E-state index in [-0.39, 0.29) is 30.3 Å². The van der Waals surface area contributed by atoms with Crippen LogP contribution in [-0.4, -0.2) is 34.8 Å². The predicted octanol–water partition coefficient (Wildman–Crippen LogP) is 3.71. The highest BCUT2D eigenvalue weighted by molar-refractivity contribution is 6.09. The Morgan fingerprint density at radius 1 is 1.10 bits per heavy atom. The number of amides is 4. The first kappa shape index (κ1) is 21.3. The van der Waals surface area contributed by atoms with Gasteiger partial charge in [-0.05, 0) is 36.3 Å². The van der Waals surface area contributed by atoms with Gasteiger partial charge >= 0.3 is 6.03 Å². The molecule has 1 aromatic rings. The van der Waals surface area contributed by atoms with Gasteiger partial charge in [0.05, 0.1) is 6.04 Å². The molecule has 3 rings (SSSR count). The highest BCUT2D eigenvalue weighted by Gasteiger charge is 2.51. The third kappa shape index (κ3) is 4.62. The second-order valence-electron chi connectivity index (χ2n) is 8.70. The van der Waals surface area contributed by atoms with Crippen molar-refractivity contribution >= 4 is 17.8 Å². The smallest absolute Gasteiger partial charge is 0.325 e. The molecule has 158 valence electrons. The maximum absolute atomic E-state index is 13.0. The molecule has 29 heavy (non-hydrogen) atoms. The van der Waals surface area contributed by atoms with Crippen molar-refractivity contribution in [2.45, 2.75) is 77.3 Å². The van der Waals surface area contributed by atoms with Crippen molar-refractivity contribution < 1.29 is 14.4 Å². The van der Waals surface area contributed by atoms with Crippen LogP contribution in [0.15, 0.2) is 24.3 Å². The zero-order valence-electron chi connectivity index (χ0n) is 17.8. The topological polar surface area (TPSA) is 78.5 Å². The van der Waals surface area contributed by atoms with Gasteiger partial charge < -0.3 is 10.6 Å². The number of carbonyl (C=O) groups is 3. The molecule has 1 saturated carbocycles. The van der Waals surface area contributed by atoms with Gasteiger partial charge in [-0.2, -0.15) is 0 Å². The summed E-state index contributed by atoms with van der Waals surface area (Å²) in [7, 11) is 0. The SMILES string of the molecule is CCc1ccc([C@H](NC(=O)CN2C(=O)NC3(CCCCCC3)C2=O)C(C)C)cc1. The summed E-state index contributed by atoms with van der Waals surface area (Å²) in [4.78, 5) is 39.3. The first-order valence-electron chi connectivity index (χ1n) is 10.9. The molecule has 6 heteroatoms. The van der Waals surface area contributed by atoms with Crippen molar-refractivity contribution in [3.63, 3.8) is 0 Å². The average Bonchev–Trinajstić information content (AvgIpc) is 2.86. The third-order valence-corrected chi connectivity index (χ3v) is 6.23.